The summed E-state index contributed by atoms with van der Waals surface area (Å²) in [6, 6.07) is 20.5. The van der Waals surface area contributed by atoms with Crippen LogP contribution in [0.1, 0.15) is 33.4 Å². The van der Waals surface area contributed by atoms with Gasteiger partial charge in [0.1, 0.15) is 11.9 Å². The molecule has 1 unspecified atom stereocenters. The van der Waals surface area contributed by atoms with E-state index in [1.54, 1.807) is 0 Å². The zero-order valence-corrected chi connectivity index (χ0v) is 16.0. The molecule has 0 saturated carbocycles. The van der Waals surface area contributed by atoms with Gasteiger partial charge >= 0.3 is 6.18 Å². The van der Waals surface area contributed by atoms with Gasteiger partial charge in [-0.05, 0) is 42.0 Å². The maximum Gasteiger partial charge on any atom is 0.416 e. The number of fused-ring (bicyclic) bond motifs is 1. The average Bonchev–Trinajstić information content (AvgIpc) is 3.08. The number of hydrogen-bond donors (Lipinski definition) is 1. The number of rotatable bonds is 4. The summed E-state index contributed by atoms with van der Waals surface area (Å²) in [6.07, 6.45) is -4.45. The monoisotopic (exact) mass is 409 g/mol. The third-order valence-corrected chi connectivity index (χ3v) is 4.96. The molecule has 0 aliphatic carbocycles. The largest absolute Gasteiger partial charge is 0.416 e. The highest BCUT2D eigenvalue weighted by atomic mass is 19.4. The number of nitrogens with one attached hydrogen (secondary N) is 1. The number of amides is 1. The molecule has 30 heavy (non-hydrogen) atoms. The molecule has 0 spiro atoms. The van der Waals surface area contributed by atoms with Gasteiger partial charge in [0.05, 0.1) is 16.6 Å². The van der Waals surface area contributed by atoms with Gasteiger partial charge in [-0.3, -0.25) is 4.79 Å². The Morgan fingerprint density at radius 2 is 1.57 bits per heavy atom. The Balaban J connectivity index is 1.70. The Hall–Kier alpha value is -3.61. The van der Waals surface area contributed by atoms with Crippen LogP contribution in [0.5, 0.6) is 0 Å². The van der Waals surface area contributed by atoms with Crippen LogP contribution >= 0.6 is 0 Å². The van der Waals surface area contributed by atoms with Crippen LogP contribution in [0.3, 0.4) is 0 Å². The minimum absolute atomic E-state index is 0.141. The van der Waals surface area contributed by atoms with E-state index < -0.39 is 23.7 Å². The van der Waals surface area contributed by atoms with Crippen LogP contribution in [0.15, 0.2) is 78.9 Å². The van der Waals surface area contributed by atoms with Crippen LogP contribution in [0.25, 0.3) is 11.0 Å². The number of halogens is 3. The first-order valence-electron chi connectivity index (χ1n) is 9.29. The Labute approximate surface area is 171 Å². The summed E-state index contributed by atoms with van der Waals surface area (Å²) < 4.78 is 40.3. The van der Waals surface area contributed by atoms with Crippen LogP contribution in [-0.2, 0) is 13.2 Å². The van der Waals surface area contributed by atoms with Gasteiger partial charge in [-0.25, -0.2) is 4.98 Å². The maximum absolute atomic E-state index is 12.9. The number of para-hydroxylation sites is 2. The standard InChI is InChI=1S/C23H18F3N3O/c1-29-19-10-6-5-9-18(19)27-21(29)20(15-7-3-2-4-8-15)28-22(30)16-11-13-17(14-12-16)23(24,25)26/h2-14,20H,1H3,(H,28,30). The topological polar surface area (TPSA) is 46.9 Å². The summed E-state index contributed by atoms with van der Waals surface area (Å²) in [5.41, 5.74) is 1.87. The summed E-state index contributed by atoms with van der Waals surface area (Å²) in [5.74, 6) is 0.146. The van der Waals surface area contributed by atoms with E-state index in [0.717, 1.165) is 28.7 Å². The van der Waals surface area contributed by atoms with Crippen molar-refractivity contribution in [2.45, 2.75) is 12.2 Å². The van der Waals surface area contributed by atoms with Gasteiger partial charge < -0.3 is 9.88 Å². The first-order chi connectivity index (χ1) is 14.3. The first kappa shape index (κ1) is 19.7. The molecule has 4 rings (SSSR count). The fourth-order valence-electron chi connectivity index (χ4n) is 3.39. The molecule has 0 bridgehead atoms. The molecular formula is C23H18F3N3O. The third kappa shape index (κ3) is 3.78. The first-order valence-corrected chi connectivity index (χ1v) is 9.29. The number of imidazole rings is 1. The second-order valence-electron chi connectivity index (χ2n) is 6.91. The predicted octanol–water partition coefficient (Wildman–Crippen LogP) is 5.11. The molecular weight excluding hydrogens is 391 g/mol. The molecule has 0 aliphatic rings. The normalized spacial score (nSPS) is 12.7. The molecule has 0 aliphatic heterocycles. The molecule has 0 fully saturated rings. The summed E-state index contributed by atoms with van der Waals surface area (Å²) in [6.45, 7) is 0. The number of hydrogen-bond acceptors (Lipinski definition) is 2. The number of alkyl halides is 3. The van der Waals surface area contributed by atoms with Crippen molar-refractivity contribution >= 4 is 16.9 Å². The number of benzene rings is 3. The summed E-state index contributed by atoms with van der Waals surface area (Å²) >= 11 is 0. The lowest BCUT2D eigenvalue weighted by Crippen LogP contribution is -2.31. The summed E-state index contributed by atoms with van der Waals surface area (Å²) in [7, 11) is 1.87. The number of carbonyl (C=O) groups excluding carboxylic acids is 1. The number of aryl methyl sites for hydroxylation is 1. The van der Waals surface area contributed by atoms with E-state index in [1.807, 2.05) is 66.2 Å². The van der Waals surface area contributed by atoms with Gasteiger partial charge in [-0.15, -0.1) is 0 Å². The van der Waals surface area contributed by atoms with Crippen LogP contribution in [0.2, 0.25) is 0 Å². The van der Waals surface area contributed by atoms with Crippen molar-refractivity contribution in [1.82, 2.24) is 14.9 Å². The Kier molecular flexibility index (Phi) is 5.03. The molecule has 7 heteroatoms. The van der Waals surface area contributed by atoms with Crippen LogP contribution < -0.4 is 5.32 Å². The van der Waals surface area contributed by atoms with Crippen molar-refractivity contribution in [3.63, 3.8) is 0 Å². The molecule has 1 amide bonds. The number of aromatic nitrogens is 2. The van der Waals surface area contributed by atoms with Crippen LogP contribution in [0, 0.1) is 0 Å². The molecule has 0 radical (unpaired) electrons. The van der Waals surface area contributed by atoms with Gasteiger partial charge in [0.2, 0.25) is 0 Å². The fraction of sp³-hybridized carbons (Fsp3) is 0.130. The van der Waals surface area contributed by atoms with E-state index in [1.165, 1.54) is 12.1 Å². The second kappa shape index (κ2) is 7.67. The number of carbonyl (C=O) groups is 1. The Morgan fingerprint density at radius 3 is 2.20 bits per heavy atom. The third-order valence-electron chi connectivity index (χ3n) is 4.96. The maximum atomic E-state index is 12.9. The summed E-state index contributed by atoms with van der Waals surface area (Å²) in [5, 5.41) is 2.92. The Bertz CT molecular complexity index is 1180. The van der Waals surface area contributed by atoms with Gasteiger partial charge in [0.15, 0.2) is 0 Å². The zero-order chi connectivity index (χ0) is 21.3. The quantitative estimate of drug-likeness (QED) is 0.509. The van der Waals surface area contributed by atoms with E-state index >= 15 is 0 Å². The zero-order valence-electron chi connectivity index (χ0n) is 16.0. The SMILES string of the molecule is Cn1c(C(NC(=O)c2ccc(C(F)(F)F)cc2)c2ccccc2)nc2ccccc21. The van der Waals surface area contributed by atoms with Gasteiger partial charge in [0.25, 0.3) is 5.91 Å². The molecule has 1 heterocycles. The average molecular weight is 409 g/mol. The molecule has 1 atom stereocenters. The van der Waals surface area contributed by atoms with E-state index in [9.17, 15) is 18.0 Å². The summed E-state index contributed by atoms with van der Waals surface area (Å²) in [4.78, 5) is 17.5. The molecule has 0 saturated heterocycles. The highest BCUT2D eigenvalue weighted by Gasteiger charge is 2.30. The van der Waals surface area contributed by atoms with Crippen molar-refractivity contribution < 1.29 is 18.0 Å². The fourth-order valence-corrected chi connectivity index (χ4v) is 3.39. The van der Waals surface area contributed by atoms with Crippen molar-refractivity contribution in [3.8, 4) is 0 Å². The molecule has 1 aromatic heterocycles. The van der Waals surface area contributed by atoms with E-state index in [4.69, 9.17) is 0 Å². The van der Waals surface area contributed by atoms with Gasteiger partial charge in [-0.2, -0.15) is 13.2 Å². The number of nitrogens with zero attached hydrogens (tertiary/aromatic N) is 2. The Morgan fingerprint density at radius 1 is 0.933 bits per heavy atom. The van der Waals surface area contributed by atoms with Crippen molar-refractivity contribution in [3.05, 3.63) is 101 Å². The van der Waals surface area contributed by atoms with Crippen LogP contribution in [-0.4, -0.2) is 15.5 Å². The van der Waals surface area contributed by atoms with Crippen molar-refractivity contribution in [2.24, 2.45) is 7.05 Å². The molecule has 152 valence electrons. The van der Waals surface area contributed by atoms with Crippen LogP contribution in [0.4, 0.5) is 13.2 Å². The minimum atomic E-state index is -4.45. The lowest BCUT2D eigenvalue weighted by molar-refractivity contribution is -0.137. The smallest absolute Gasteiger partial charge is 0.338 e. The van der Waals surface area contributed by atoms with Crippen molar-refractivity contribution in [2.75, 3.05) is 0 Å². The van der Waals surface area contributed by atoms with Gasteiger partial charge in [-0.1, -0.05) is 42.5 Å². The predicted molar refractivity (Wildman–Crippen MR) is 108 cm³/mol. The van der Waals surface area contributed by atoms with E-state index in [0.29, 0.717) is 5.82 Å². The lowest BCUT2D eigenvalue weighted by atomic mass is 10.0. The lowest BCUT2D eigenvalue weighted by Gasteiger charge is -2.19. The highest BCUT2D eigenvalue weighted by Crippen LogP contribution is 2.29. The highest BCUT2D eigenvalue weighted by molar-refractivity contribution is 5.94. The molecule has 3 aromatic carbocycles. The van der Waals surface area contributed by atoms with Gasteiger partial charge in [0, 0.05) is 12.6 Å². The van der Waals surface area contributed by atoms with E-state index in [-0.39, 0.29) is 5.56 Å². The molecule has 4 aromatic rings. The van der Waals surface area contributed by atoms with Crippen molar-refractivity contribution in [1.29, 1.82) is 0 Å². The molecule has 1 N–H and O–H groups in total. The minimum Gasteiger partial charge on any atom is -0.338 e. The van der Waals surface area contributed by atoms with E-state index in [2.05, 4.69) is 10.3 Å². The molecule has 4 nitrogen and oxygen atoms in total. The second-order valence-corrected chi connectivity index (χ2v) is 6.91.